The van der Waals surface area contributed by atoms with Gasteiger partial charge in [-0.05, 0) is 53.8 Å². The standard InChI is InChI=1S/C29H33NO7/c1-7-29(2,3)19-8-12-21(13-9-19)37-22-14-10-20(11-15-22)30-27(31)18-36-28(32)23-16-25(34-5)26(35-6)17-24(23)33-4/h8-17H,7,18H2,1-6H3,(H,30,31). The number of carbonyl (C=O) groups excluding carboxylic acids is 2. The molecule has 0 heterocycles. The van der Waals surface area contributed by atoms with Crippen LogP contribution in [0.3, 0.4) is 0 Å². The highest BCUT2D eigenvalue weighted by molar-refractivity contribution is 5.97. The van der Waals surface area contributed by atoms with Crippen molar-refractivity contribution >= 4 is 17.6 Å². The van der Waals surface area contributed by atoms with Crippen molar-refractivity contribution in [3.05, 3.63) is 71.8 Å². The Labute approximate surface area is 217 Å². The van der Waals surface area contributed by atoms with Gasteiger partial charge in [0, 0.05) is 17.8 Å². The molecule has 3 aromatic carbocycles. The lowest BCUT2D eigenvalue weighted by Gasteiger charge is -2.23. The van der Waals surface area contributed by atoms with Crippen molar-refractivity contribution in [3.63, 3.8) is 0 Å². The summed E-state index contributed by atoms with van der Waals surface area (Å²) in [5, 5.41) is 2.69. The Kier molecular flexibility index (Phi) is 9.00. The van der Waals surface area contributed by atoms with E-state index in [2.05, 4.69) is 38.2 Å². The second-order valence-electron chi connectivity index (χ2n) is 8.92. The summed E-state index contributed by atoms with van der Waals surface area (Å²) in [4.78, 5) is 24.9. The average molecular weight is 508 g/mol. The summed E-state index contributed by atoms with van der Waals surface area (Å²) >= 11 is 0. The summed E-state index contributed by atoms with van der Waals surface area (Å²) in [6.45, 7) is 6.12. The fourth-order valence-corrected chi connectivity index (χ4v) is 3.52. The molecule has 1 N–H and O–H groups in total. The average Bonchev–Trinajstić information content (AvgIpc) is 2.92. The largest absolute Gasteiger partial charge is 0.496 e. The van der Waals surface area contributed by atoms with Gasteiger partial charge in [-0.1, -0.05) is 32.9 Å². The van der Waals surface area contributed by atoms with Crippen molar-refractivity contribution in [1.29, 1.82) is 0 Å². The molecule has 0 bridgehead atoms. The van der Waals surface area contributed by atoms with Crippen LogP contribution in [0.15, 0.2) is 60.7 Å². The van der Waals surface area contributed by atoms with Gasteiger partial charge in [-0.2, -0.15) is 0 Å². The van der Waals surface area contributed by atoms with Gasteiger partial charge in [-0.3, -0.25) is 4.79 Å². The Hall–Kier alpha value is -4.20. The number of esters is 1. The minimum absolute atomic E-state index is 0.111. The van der Waals surface area contributed by atoms with E-state index in [0.717, 1.165) is 12.2 Å². The highest BCUT2D eigenvalue weighted by Gasteiger charge is 2.20. The van der Waals surface area contributed by atoms with Gasteiger partial charge in [-0.25, -0.2) is 4.79 Å². The number of anilines is 1. The zero-order valence-electron chi connectivity index (χ0n) is 22.0. The number of amides is 1. The van der Waals surface area contributed by atoms with Crippen LogP contribution in [-0.2, 0) is 14.9 Å². The number of rotatable bonds is 11. The maximum Gasteiger partial charge on any atom is 0.342 e. The molecule has 196 valence electrons. The van der Waals surface area contributed by atoms with Crippen LogP contribution in [0.2, 0.25) is 0 Å². The third-order valence-electron chi connectivity index (χ3n) is 6.15. The topological polar surface area (TPSA) is 92.3 Å². The summed E-state index contributed by atoms with van der Waals surface area (Å²) in [6.07, 6.45) is 1.05. The van der Waals surface area contributed by atoms with Crippen LogP contribution in [0.4, 0.5) is 5.69 Å². The van der Waals surface area contributed by atoms with E-state index < -0.39 is 18.5 Å². The van der Waals surface area contributed by atoms with Gasteiger partial charge in [0.1, 0.15) is 22.8 Å². The van der Waals surface area contributed by atoms with E-state index in [-0.39, 0.29) is 16.7 Å². The molecule has 37 heavy (non-hydrogen) atoms. The molecule has 8 nitrogen and oxygen atoms in total. The third-order valence-corrected chi connectivity index (χ3v) is 6.15. The zero-order chi connectivity index (χ0) is 27.0. The predicted octanol–water partition coefficient (Wildman–Crippen LogP) is 5.99. The van der Waals surface area contributed by atoms with Gasteiger partial charge >= 0.3 is 5.97 Å². The molecule has 0 aliphatic rings. The first-order chi connectivity index (χ1) is 17.7. The predicted molar refractivity (Wildman–Crippen MR) is 141 cm³/mol. The van der Waals surface area contributed by atoms with Crippen molar-refractivity contribution in [2.24, 2.45) is 0 Å². The Bertz CT molecular complexity index is 1220. The molecule has 0 aliphatic heterocycles. The summed E-state index contributed by atoms with van der Waals surface area (Å²) < 4.78 is 26.8. The molecule has 3 aromatic rings. The first kappa shape index (κ1) is 27.4. The highest BCUT2D eigenvalue weighted by Crippen LogP contribution is 2.35. The first-order valence-electron chi connectivity index (χ1n) is 11.9. The van der Waals surface area contributed by atoms with Crippen molar-refractivity contribution < 1.29 is 33.3 Å². The molecule has 0 unspecified atom stereocenters. The lowest BCUT2D eigenvalue weighted by atomic mass is 9.82. The summed E-state index contributed by atoms with van der Waals surface area (Å²) in [7, 11) is 4.34. The molecule has 0 atom stereocenters. The van der Waals surface area contributed by atoms with Crippen molar-refractivity contribution in [2.75, 3.05) is 33.3 Å². The van der Waals surface area contributed by atoms with Crippen molar-refractivity contribution in [2.45, 2.75) is 32.6 Å². The van der Waals surface area contributed by atoms with E-state index in [1.807, 2.05) is 12.1 Å². The molecule has 0 aliphatic carbocycles. The number of carbonyl (C=O) groups is 2. The van der Waals surface area contributed by atoms with Crippen molar-refractivity contribution in [1.82, 2.24) is 0 Å². The van der Waals surface area contributed by atoms with Gasteiger partial charge in [0.05, 0.1) is 21.3 Å². The van der Waals surface area contributed by atoms with E-state index in [4.69, 9.17) is 23.7 Å². The fourth-order valence-electron chi connectivity index (χ4n) is 3.52. The molecular formula is C29H33NO7. The van der Waals surface area contributed by atoms with E-state index in [0.29, 0.717) is 22.9 Å². The van der Waals surface area contributed by atoms with Crippen LogP contribution >= 0.6 is 0 Å². The van der Waals surface area contributed by atoms with Gasteiger partial charge in [0.15, 0.2) is 18.1 Å². The van der Waals surface area contributed by atoms with Gasteiger partial charge < -0.3 is 29.0 Å². The van der Waals surface area contributed by atoms with Gasteiger partial charge in [0.25, 0.3) is 5.91 Å². The number of methoxy groups -OCH3 is 3. The van der Waals surface area contributed by atoms with Gasteiger partial charge in [-0.15, -0.1) is 0 Å². The Morgan fingerprint density at radius 1 is 0.784 bits per heavy atom. The maximum absolute atomic E-state index is 12.6. The van der Waals surface area contributed by atoms with Crippen LogP contribution < -0.4 is 24.3 Å². The summed E-state index contributed by atoms with van der Waals surface area (Å²) in [5.74, 6) is 1.11. The second kappa shape index (κ2) is 12.2. The molecule has 0 saturated heterocycles. The number of benzene rings is 3. The van der Waals surface area contributed by atoms with Gasteiger partial charge in [0.2, 0.25) is 0 Å². The van der Waals surface area contributed by atoms with E-state index in [1.165, 1.54) is 39.0 Å². The molecule has 8 heteroatoms. The Morgan fingerprint density at radius 2 is 1.32 bits per heavy atom. The van der Waals surface area contributed by atoms with Crippen molar-refractivity contribution in [3.8, 4) is 28.7 Å². The molecule has 1 amide bonds. The Balaban J connectivity index is 1.56. The minimum atomic E-state index is -0.731. The lowest BCUT2D eigenvalue weighted by molar-refractivity contribution is -0.119. The smallest absolute Gasteiger partial charge is 0.342 e. The van der Waals surface area contributed by atoms with Crippen LogP contribution in [0, 0.1) is 0 Å². The number of hydrogen-bond acceptors (Lipinski definition) is 7. The third kappa shape index (κ3) is 6.94. The molecular weight excluding hydrogens is 474 g/mol. The van der Waals surface area contributed by atoms with Crippen LogP contribution in [0.5, 0.6) is 28.7 Å². The van der Waals surface area contributed by atoms with E-state index >= 15 is 0 Å². The molecule has 0 radical (unpaired) electrons. The van der Waals surface area contributed by atoms with Crippen LogP contribution in [0.1, 0.15) is 43.1 Å². The lowest BCUT2D eigenvalue weighted by Crippen LogP contribution is -2.21. The van der Waals surface area contributed by atoms with Crippen LogP contribution in [0.25, 0.3) is 0 Å². The quantitative estimate of drug-likeness (QED) is 0.319. The number of nitrogens with one attached hydrogen (secondary N) is 1. The molecule has 0 spiro atoms. The number of ether oxygens (including phenoxy) is 5. The molecule has 0 saturated carbocycles. The minimum Gasteiger partial charge on any atom is -0.496 e. The molecule has 0 fully saturated rings. The summed E-state index contributed by atoms with van der Waals surface area (Å²) in [6, 6.07) is 17.9. The highest BCUT2D eigenvalue weighted by atomic mass is 16.5. The Morgan fingerprint density at radius 3 is 1.86 bits per heavy atom. The normalized spacial score (nSPS) is 10.9. The first-order valence-corrected chi connectivity index (χ1v) is 11.9. The SMILES string of the molecule is CCC(C)(C)c1ccc(Oc2ccc(NC(=O)COC(=O)c3cc(OC)c(OC)cc3OC)cc2)cc1. The molecule has 3 rings (SSSR count). The van der Waals surface area contributed by atoms with Crippen LogP contribution in [-0.4, -0.2) is 39.8 Å². The zero-order valence-corrected chi connectivity index (χ0v) is 22.0. The second-order valence-corrected chi connectivity index (χ2v) is 8.92. The summed E-state index contributed by atoms with van der Waals surface area (Å²) in [5.41, 5.74) is 2.02. The van der Waals surface area contributed by atoms with E-state index in [9.17, 15) is 9.59 Å². The monoisotopic (exact) mass is 507 g/mol. The number of hydrogen-bond donors (Lipinski definition) is 1. The van der Waals surface area contributed by atoms with E-state index in [1.54, 1.807) is 24.3 Å². The molecule has 0 aromatic heterocycles. The fraction of sp³-hybridized carbons (Fsp3) is 0.310. The maximum atomic E-state index is 12.6.